The molecule has 1 aliphatic carbocycles. The number of nitrogen functional groups attached to an aromatic ring is 1. The third kappa shape index (κ3) is 6.10. The SMILES string of the molecule is COC(=O)CNC(=O)c1ccc2c(c1)NC(=O)N(C1CCN(C(=O)[C@@H]3C[C@H]3C(=O)c3cc(Br)c(N)c(Br)c3)CC1)C2. The standard InChI is InChI=1S/C28H29Br2N5O6/c1-41-23(36)12-32-26(38)14-2-3-15-13-35(28(40)33-22(15)10-14)17-4-6-34(7-5-17)27(39)19-11-18(19)25(37)16-8-20(29)24(31)21(30)9-16/h2-3,8-10,17-19H,4-7,11-13,31H2,1H3,(H,32,38)(H,33,40)/t18-,19-/m1/s1. The second-order valence-electron chi connectivity index (χ2n) is 10.4. The first-order valence-corrected chi connectivity index (χ1v) is 14.8. The van der Waals surface area contributed by atoms with Gasteiger partial charge in [0.05, 0.1) is 12.8 Å². The van der Waals surface area contributed by atoms with Crippen LogP contribution in [0.2, 0.25) is 0 Å². The predicted octanol–water partition coefficient (Wildman–Crippen LogP) is 3.55. The monoisotopic (exact) mass is 689 g/mol. The van der Waals surface area contributed by atoms with Crippen LogP contribution in [0.5, 0.6) is 0 Å². The molecule has 2 aliphatic heterocycles. The number of esters is 1. The maximum atomic E-state index is 13.2. The molecule has 0 bridgehead atoms. The van der Waals surface area contributed by atoms with Crippen LogP contribution in [0.4, 0.5) is 16.2 Å². The Morgan fingerprint density at radius 2 is 1.73 bits per heavy atom. The third-order valence-electron chi connectivity index (χ3n) is 7.86. The highest BCUT2D eigenvalue weighted by atomic mass is 79.9. The van der Waals surface area contributed by atoms with Crippen molar-refractivity contribution < 1.29 is 28.7 Å². The Labute approximate surface area is 253 Å². The van der Waals surface area contributed by atoms with Gasteiger partial charge in [0, 0.05) is 63.3 Å². The van der Waals surface area contributed by atoms with Crippen molar-refractivity contribution in [2.75, 3.05) is 37.8 Å². The maximum Gasteiger partial charge on any atom is 0.325 e. The van der Waals surface area contributed by atoms with Crippen LogP contribution < -0.4 is 16.4 Å². The molecule has 11 nitrogen and oxygen atoms in total. The lowest BCUT2D eigenvalue weighted by Gasteiger charge is -2.40. The van der Waals surface area contributed by atoms with E-state index in [0.29, 0.717) is 70.3 Å². The van der Waals surface area contributed by atoms with Crippen molar-refractivity contribution in [2.45, 2.75) is 31.8 Å². The molecular weight excluding hydrogens is 662 g/mol. The van der Waals surface area contributed by atoms with E-state index in [2.05, 4.69) is 47.2 Å². The van der Waals surface area contributed by atoms with E-state index < -0.39 is 11.9 Å². The number of urea groups is 1. The first kappa shape index (κ1) is 29.1. The van der Waals surface area contributed by atoms with Crippen LogP contribution in [0.25, 0.3) is 0 Å². The van der Waals surface area contributed by atoms with E-state index in [1.54, 1.807) is 40.1 Å². The molecule has 0 spiro atoms. The number of Topliss-reactive ketones (excluding diaryl/α,β-unsaturated/α-hetero) is 1. The number of benzene rings is 2. The summed E-state index contributed by atoms with van der Waals surface area (Å²) in [6.07, 6.45) is 1.79. The Bertz CT molecular complexity index is 1420. The van der Waals surface area contributed by atoms with Crippen LogP contribution in [0, 0.1) is 11.8 Å². The van der Waals surface area contributed by atoms with E-state index in [1.165, 1.54) is 7.11 Å². The number of hydrogen-bond donors (Lipinski definition) is 3. The number of methoxy groups -OCH3 is 1. The van der Waals surface area contributed by atoms with Gasteiger partial charge in [0.25, 0.3) is 5.91 Å². The van der Waals surface area contributed by atoms with Gasteiger partial charge in [-0.1, -0.05) is 6.07 Å². The average molecular weight is 691 g/mol. The van der Waals surface area contributed by atoms with Gasteiger partial charge in [-0.05, 0) is 81.0 Å². The summed E-state index contributed by atoms with van der Waals surface area (Å²) >= 11 is 6.74. The van der Waals surface area contributed by atoms with E-state index in [0.717, 1.165) is 5.56 Å². The number of ether oxygens (including phenoxy) is 1. The lowest BCUT2D eigenvalue weighted by Crippen LogP contribution is -2.51. The van der Waals surface area contributed by atoms with Gasteiger partial charge < -0.3 is 30.9 Å². The van der Waals surface area contributed by atoms with Gasteiger partial charge in [-0.3, -0.25) is 19.2 Å². The van der Waals surface area contributed by atoms with Crippen molar-refractivity contribution in [3.8, 4) is 0 Å². The number of carbonyl (C=O) groups is 5. The first-order chi connectivity index (χ1) is 19.6. The zero-order valence-corrected chi connectivity index (χ0v) is 25.4. The van der Waals surface area contributed by atoms with E-state index in [9.17, 15) is 24.0 Å². The molecule has 3 aliphatic rings. The number of amides is 4. The molecule has 2 atom stereocenters. The largest absolute Gasteiger partial charge is 0.468 e. The Kier molecular flexibility index (Phi) is 8.37. The number of nitrogens with one attached hydrogen (secondary N) is 2. The van der Waals surface area contributed by atoms with Gasteiger partial charge >= 0.3 is 12.0 Å². The number of hydrogen-bond acceptors (Lipinski definition) is 7. The normalized spacial score (nSPS) is 20.1. The van der Waals surface area contributed by atoms with Crippen LogP contribution in [0.15, 0.2) is 39.3 Å². The molecule has 13 heteroatoms. The lowest BCUT2D eigenvalue weighted by molar-refractivity contribution is -0.139. The van der Waals surface area contributed by atoms with Gasteiger partial charge in [-0.15, -0.1) is 0 Å². The van der Waals surface area contributed by atoms with Crippen molar-refractivity contribution in [1.29, 1.82) is 0 Å². The van der Waals surface area contributed by atoms with Gasteiger partial charge in [0.1, 0.15) is 6.54 Å². The molecule has 2 aromatic rings. The van der Waals surface area contributed by atoms with Crippen molar-refractivity contribution in [3.63, 3.8) is 0 Å². The first-order valence-electron chi connectivity index (χ1n) is 13.2. The van der Waals surface area contributed by atoms with Crippen LogP contribution in [0.1, 0.15) is 45.5 Å². The summed E-state index contributed by atoms with van der Waals surface area (Å²) in [5, 5.41) is 5.35. The van der Waals surface area contributed by atoms with Crippen molar-refractivity contribution in [2.24, 2.45) is 11.8 Å². The third-order valence-corrected chi connectivity index (χ3v) is 9.17. The molecule has 0 radical (unpaired) electrons. The minimum atomic E-state index is -0.557. The van der Waals surface area contributed by atoms with Crippen molar-refractivity contribution >= 4 is 72.8 Å². The Hall–Kier alpha value is -3.45. The van der Waals surface area contributed by atoms with Gasteiger partial charge in [0.15, 0.2) is 5.78 Å². The lowest BCUT2D eigenvalue weighted by atomic mass is 9.99. The number of nitrogens with two attached hydrogens (primary N) is 1. The zero-order chi connectivity index (χ0) is 29.4. The molecule has 1 saturated heterocycles. The molecule has 0 aromatic heterocycles. The van der Waals surface area contributed by atoms with Crippen LogP contribution in [-0.2, 0) is 20.9 Å². The predicted molar refractivity (Wildman–Crippen MR) is 157 cm³/mol. The molecule has 216 valence electrons. The van der Waals surface area contributed by atoms with Gasteiger partial charge in [0.2, 0.25) is 5.91 Å². The number of piperidine rings is 1. The van der Waals surface area contributed by atoms with Crippen LogP contribution >= 0.6 is 31.9 Å². The number of halogens is 2. The van der Waals surface area contributed by atoms with E-state index in [1.807, 2.05) is 0 Å². The molecule has 4 amide bonds. The fraction of sp³-hybridized carbons (Fsp3) is 0.393. The van der Waals surface area contributed by atoms with Crippen LogP contribution in [-0.4, -0.2) is 72.2 Å². The Balaban J connectivity index is 1.14. The second-order valence-corrected chi connectivity index (χ2v) is 12.1. The minimum absolute atomic E-state index is 0.0122. The summed E-state index contributed by atoms with van der Waals surface area (Å²) in [6.45, 7) is 1.16. The fourth-order valence-corrected chi connectivity index (χ4v) is 6.55. The van der Waals surface area contributed by atoms with E-state index in [-0.39, 0.29) is 42.1 Å². The summed E-state index contributed by atoms with van der Waals surface area (Å²) in [4.78, 5) is 66.4. The molecule has 2 aromatic carbocycles. The Morgan fingerprint density at radius 3 is 2.39 bits per heavy atom. The molecule has 1 saturated carbocycles. The highest BCUT2D eigenvalue weighted by Gasteiger charge is 2.50. The van der Waals surface area contributed by atoms with Crippen molar-refractivity contribution in [3.05, 3.63) is 56.0 Å². The molecular formula is C28H29Br2N5O6. The molecule has 0 unspecified atom stereocenters. The number of fused-ring (bicyclic) bond motifs is 1. The number of rotatable bonds is 7. The molecule has 5 rings (SSSR count). The van der Waals surface area contributed by atoms with Gasteiger partial charge in [-0.25, -0.2) is 4.79 Å². The average Bonchev–Trinajstić information content (AvgIpc) is 3.78. The number of carbonyl (C=O) groups excluding carboxylic acids is 5. The zero-order valence-electron chi connectivity index (χ0n) is 22.2. The highest BCUT2D eigenvalue weighted by molar-refractivity contribution is 9.11. The summed E-state index contributed by atoms with van der Waals surface area (Å²) in [7, 11) is 1.24. The number of ketones is 1. The van der Waals surface area contributed by atoms with Crippen LogP contribution in [0.3, 0.4) is 0 Å². The Morgan fingerprint density at radius 1 is 1.05 bits per heavy atom. The highest BCUT2D eigenvalue weighted by Crippen LogP contribution is 2.44. The molecule has 4 N–H and O–H groups in total. The molecule has 2 heterocycles. The maximum absolute atomic E-state index is 13.2. The molecule has 41 heavy (non-hydrogen) atoms. The number of anilines is 2. The quantitative estimate of drug-likeness (QED) is 0.228. The second kappa shape index (κ2) is 11.8. The number of likely N-dealkylation sites (tertiary alicyclic amines) is 1. The van der Waals surface area contributed by atoms with E-state index >= 15 is 0 Å². The topological polar surface area (TPSA) is 151 Å². The van der Waals surface area contributed by atoms with Crippen molar-refractivity contribution in [1.82, 2.24) is 15.1 Å². The smallest absolute Gasteiger partial charge is 0.325 e. The summed E-state index contributed by atoms with van der Waals surface area (Å²) in [5.74, 6) is -1.73. The van der Waals surface area contributed by atoms with E-state index in [4.69, 9.17) is 5.73 Å². The summed E-state index contributed by atoms with van der Waals surface area (Å²) in [6, 6.07) is 8.10. The summed E-state index contributed by atoms with van der Waals surface area (Å²) in [5.41, 5.74) is 8.70. The van der Waals surface area contributed by atoms with Gasteiger partial charge in [-0.2, -0.15) is 0 Å². The molecule has 2 fully saturated rings. The minimum Gasteiger partial charge on any atom is -0.468 e. The number of nitrogens with zero attached hydrogens (tertiary/aromatic N) is 2. The fourth-order valence-electron chi connectivity index (χ4n) is 5.37. The summed E-state index contributed by atoms with van der Waals surface area (Å²) < 4.78 is 5.79.